The number of methoxy groups -OCH3 is 2. The molecule has 5 heteroatoms. The molecule has 1 aliphatic heterocycles. The van der Waals surface area contributed by atoms with Gasteiger partial charge in [-0.2, -0.15) is 0 Å². The van der Waals surface area contributed by atoms with Gasteiger partial charge in [-0.25, -0.2) is 0 Å². The number of nitrogens with zero attached hydrogens (tertiary/aromatic N) is 1. The van der Waals surface area contributed by atoms with Gasteiger partial charge in [0.15, 0.2) is 11.5 Å². The molecule has 1 atom stereocenters. The lowest BCUT2D eigenvalue weighted by atomic mass is 9.87. The highest BCUT2D eigenvalue weighted by Crippen LogP contribution is 2.41. The molecule has 1 heterocycles. The van der Waals surface area contributed by atoms with Crippen molar-refractivity contribution in [2.45, 2.75) is 17.4 Å². The molecule has 1 unspecified atom stereocenters. The lowest BCUT2D eigenvalue weighted by Crippen LogP contribution is -2.41. The van der Waals surface area contributed by atoms with E-state index in [2.05, 4.69) is 12.1 Å². The number of ether oxygens (including phenoxy) is 2. The molecule has 3 aromatic carbocycles. The second-order valence-corrected chi connectivity index (χ2v) is 8.21. The molecule has 3 aromatic rings. The van der Waals surface area contributed by atoms with Gasteiger partial charge in [0.2, 0.25) is 5.91 Å². The van der Waals surface area contributed by atoms with Gasteiger partial charge in [0.05, 0.1) is 26.0 Å². The predicted molar refractivity (Wildman–Crippen MR) is 120 cm³/mol. The van der Waals surface area contributed by atoms with Crippen molar-refractivity contribution in [3.05, 3.63) is 89.5 Å². The van der Waals surface area contributed by atoms with Gasteiger partial charge in [-0.15, -0.1) is 11.8 Å². The minimum Gasteiger partial charge on any atom is -0.493 e. The quantitative estimate of drug-likeness (QED) is 0.529. The van der Waals surface area contributed by atoms with Crippen LogP contribution in [-0.2, 0) is 11.2 Å². The van der Waals surface area contributed by atoms with Crippen LogP contribution in [0.4, 0.5) is 0 Å². The van der Waals surface area contributed by atoms with E-state index in [1.54, 1.807) is 26.0 Å². The van der Waals surface area contributed by atoms with Gasteiger partial charge in [-0.05, 0) is 47.4 Å². The second-order valence-electron chi connectivity index (χ2n) is 7.16. The van der Waals surface area contributed by atoms with Gasteiger partial charge >= 0.3 is 0 Å². The summed E-state index contributed by atoms with van der Waals surface area (Å²) in [7, 11) is 3.29. The fourth-order valence-electron chi connectivity index (χ4n) is 3.95. The molecule has 0 N–H and O–H groups in total. The van der Waals surface area contributed by atoms with Crippen LogP contribution in [0.15, 0.2) is 77.7 Å². The number of fused-ring (bicyclic) bond motifs is 1. The van der Waals surface area contributed by atoms with Crippen molar-refractivity contribution >= 4 is 17.7 Å². The summed E-state index contributed by atoms with van der Waals surface area (Å²) in [5.74, 6) is 1.96. The minimum atomic E-state index is -0.140. The average Bonchev–Trinajstić information content (AvgIpc) is 2.82. The zero-order chi connectivity index (χ0) is 20.9. The van der Waals surface area contributed by atoms with E-state index < -0.39 is 0 Å². The third-order valence-corrected chi connectivity index (χ3v) is 6.41. The number of thioether (sulfide) groups is 1. The molecule has 4 rings (SSSR count). The van der Waals surface area contributed by atoms with Crippen molar-refractivity contribution in [1.82, 2.24) is 4.90 Å². The van der Waals surface area contributed by atoms with E-state index in [0.29, 0.717) is 18.0 Å². The molecule has 0 saturated heterocycles. The summed E-state index contributed by atoms with van der Waals surface area (Å²) in [6.07, 6.45) is 0.792. The van der Waals surface area contributed by atoms with Crippen LogP contribution in [0.5, 0.6) is 11.5 Å². The van der Waals surface area contributed by atoms with E-state index in [1.165, 1.54) is 5.56 Å². The van der Waals surface area contributed by atoms with Crippen LogP contribution < -0.4 is 9.47 Å². The Bertz CT molecular complexity index is 1010. The molecule has 1 amide bonds. The number of benzene rings is 3. The average molecular weight is 420 g/mol. The van der Waals surface area contributed by atoms with E-state index in [-0.39, 0.29) is 11.9 Å². The Labute approximate surface area is 181 Å². The first kappa shape index (κ1) is 20.4. The first-order valence-electron chi connectivity index (χ1n) is 9.98. The summed E-state index contributed by atoms with van der Waals surface area (Å²) in [5.41, 5.74) is 3.40. The summed E-state index contributed by atoms with van der Waals surface area (Å²) >= 11 is 1.58. The normalized spacial score (nSPS) is 15.4. The fourth-order valence-corrected chi connectivity index (χ4v) is 4.76. The topological polar surface area (TPSA) is 38.8 Å². The minimum absolute atomic E-state index is 0.137. The monoisotopic (exact) mass is 419 g/mol. The van der Waals surface area contributed by atoms with Gasteiger partial charge in [0.1, 0.15) is 0 Å². The Balaban J connectivity index is 1.68. The van der Waals surface area contributed by atoms with Crippen LogP contribution in [-0.4, -0.2) is 37.3 Å². The highest BCUT2D eigenvalue weighted by molar-refractivity contribution is 8.00. The third kappa shape index (κ3) is 4.17. The Hall–Kier alpha value is -2.92. The first-order chi connectivity index (χ1) is 14.7. The van der Waals surface area contributed by atoms with Crippen molar-refractivity contribution in [3.8, 4) is 11.5 Å². The zero-order valence-corrected chi connectivity index (χ0v) is 18.0. The number of carbonyl (C=O) groups is 1. The van der Waals surface area contributed by atoms with Crippen LogP contribution in [0.2, 0.25) is 0 Å². The van der Waals surface area contributed by atoms with Crippen molar-refractivity contribution < 1.29 is 14.3 Å². The van der Waals surface area contributed by atoms with Gasteiger partial charge in [-0.3, -0.25) is 4.79 Å². The van der Waals surface area contributed by atoms with E-state index in [0.717, 1.165) is 28.2 Å². The third-order valence-electron chi connectivity index (χ3n) is 5.41. The molecule has 4 nitrogen and oxygen atoms in total. The summed E-state index contributed by atoms with van der Waals surface area (Å²) < 4.78 is 11.1. The summed E-state index contributed by atoms with van der Waals surface area (Å²) in [6.45, 7) is 0.677. The van der Waals surface area contributed by atoms with Gasteiger partial charge in [0.25, 0.3) is 0 Å². The maximum atomic E-state index is 13.3. The summed E-state index contributed by atoms with van der Waals surface area (Å²) in [5, 5.41) is 0. The number of rotatable bonds is 6. The highest BCUT2D eigenvalue weighted by Gasteiger charge is 2.33. The molecule has 0 bridgehead atoms. The number of amides is 1. The molecule has 0 spiro atoms. The van der Waals surface area contributed by atoms with Crippen LogP contribution in [0.3, 0.4) is 0 Å². The Kier molecular flexibility index (Phi) is 6.29. The maximum absolute atomic E-state index is 13.3. The van der Waals surface area contributed by atoms with Gasteiger partial charge in [0, 0.05) is 11.4 Å². The molecule has 0 fully saturated rings. The van der Waals surface area contributed by atoms with E-state index >= 15 is 0 Å². The molecule has 1 aliphatic rings. The van der Waals surface area contributed by atoms with E-state index in [9.17, 15) is 4.79 Å². The number of carbonyl (C=O) groups excluding carboxylic acids is 1. The lowest BCUT2D eigenvalue weighted by Gasteiger charge is -2.38. The van der Waals surface area contributed by atoms with Crippen LogP contribution >= 0.6 is 11.8 Å². The van der Waals surface area contributed by atoms with E-state index in [1.807, 2.05) is 65.6 Å². The summed E-state index contributed by atoms with van der Waals surface area (Å²) in [6, 6.07) is 24.2. The molecule has 0 aliphatic carbocycles. The molecule has 0 aromatic heterocycles. The Morgan fingerprint density at radius 3 is 2.27 bits per heavy atom. The van der Waals surface area contributed by atoms with Crippen LogP contribution in [0.25, 0.3) is 0 Å². The molecular formula is C25H25NO3S. The van der Waals surface area contributed by atoms with Crippen LogP contribution in [0, 0.1) is 0 Å². The highest BCUT2D eigenvalue weighted by atomic mass is 32.2. The van der Waals surface area contributed by atoms with Gasteiger partial charge in [-0.1, -0.05) is 48.5 Å². The lowest BCUT2D eigenvalue weighted by molar-refractivity contribution is -0.130. The predicted octanol–water partition coefficient (Wildman–Crippen LogP) is 4.97. The smallest absolute Gasteiger partial charge is 0.233 e. The molecular weight excluding hydrogens is 394 g/mol. The molecule has 0 saturated carbocycles. The maximum Gasteiger partial charge on any atom is 0.233 e. The SMILES string of the molecule is COc1cc2c(cc1OC)C(c1ccccc1)N(C(=O)CSc1ccccc1)CC2. The van der Waals surface area contributed by atoms with Crippen LogP contribution in [0.1, 0.15) is 22.7 Å². The number of hydrogen-bond donors (Lipinski definition) is 0. The van der Waals surface area contributed by atoms with Crippen molar-refractivity contribution in [3.63, 3.8) is 0 Å². The van der Waals surface area contributed by atoms with Gasteiger partial charge < -0.3 is 14.4 Å². The fraction of sp³-hybridized carbons (Fsp3) is 0.240. The zero-order valence-electron chi connectivity index (χ0n) is 17.2. The Morgan fingerprint density at radius 1 is 0.967 bits per heavy atom. The van der Waals surface area contributed by atoms with Crippen molar-refractivity contribution in [2.75, 3.05) is 26.5 Å². The number of hydrogen-bond acceptors (Lipinski definition) is 4. The largest absolute Gasteiger partial charge is 0.493 e. The summed E-state index contributed by atoms with van der Waals surface area (Å²) in [4.78, 5) is 16.4. The standard InChI is InChI=1S/C25H25NO3S/c1-28-22-15-19-13-14-26(24(27)17-30-20-11-7-4-8-12-20)25(18-9-5-3-6-10-18)21(19)16-23(22)29-2/h3-12,15-16,25H,13-14,17H2,1-2H3. The molecule has 0 radical (unpaired) electrons. The first-order valence-corrected chi connectivity index (χ1v) is 11.0. The second kappa shape index (κ2) is 9.26. The van der Waals surface area contributed by atoms with Crippen molar-refractivity contribution in [1.29, 1.82) is 0 Å². The molecule has 30 heavy (non-hydrogen) atoms. The Morgan fingerprint density at radius 2 is 1.60 bits per heavy atom. The van der Waals surface area contributed by atoms with E-state index in [4.69, 9.17) is 9.47 Å². The van der Waals surface area contributed by atoms with Crippen molar-refractivity contribution in [2.24, 2.45) is 0 Å². The molecule has 154 valence electrons.